The molecule has 0 aliphatic carbocycles. The van der Waals surface area contributed by atoms with E-state index in [1.165, 1.54) is 6.21 Å². The standard InChI is InChI=1S/C9H12N2/c1-7(2)9-5-3-4-8(6-10)11-9/h3-7,10H,1-2H3. The van der Waals surface area contributed by atoms with Crippen molar-refractivity contribution in [2.75, 3.05) is 0 Å². The lowest BCUT2D eigenvalue weighted by Gasteiger charge is -2.03. The number of aromatic nitrogens is 1. The maximum atomic E-state index is 6.99. The summed E-state index contributed by atoms with van der Waals surface area (Å²) >= 11 is 0. The van der Waals surface area contributed by atoms with Crippen molar-refractivity contribution < 1.29 is 0 Å². The number of rotatable bonds is 2. The first-order chi connectivity index (χ1) is 5.24. The van der Waals surface area contributed by atoms with E-state index in [1.807, 2.05) is 18.2 Å². The lowest BCUT2D eigenvalue weighted by molar-refractivity contribution is 0.821. The van der Waals surface area contributed by atoms with E-state index < -0.39 is 0 Å². The Bertz CT molecular complexity index is 253. The molecule has 1 aromatic rings. The molecule has 0 saturated heterocycles. The van der Waals surface area contributed by atoms with Gasteiger partial charge in [-0.15, -0.1) is 0 Å². The molecule has 1 N–H and O–H groups in total. The SMILES string of the molecule is CC(C)c1cccc(C=N)n1. The van der Waals surface area contributed by atoms with E-state index in [2.05, 4.69) is 18.8 Å². The van der Waals surface area contributed by atoms with Crippen LogP contribution in [0.1, 0.15) is 31.2 Å². The molecule has 2 nitrogen and oxygen atoms in total. The second-order valence-electron chi connectivity index (χ2n) is 2.79. The van der Waals surface area contributed by atoms with Gasteiger partial charge in [-0.05, 0) is 18.1 Å². The molecule has 0 amide bonds. The van der Waals surface area contributed by atoms with Crippen LogP contribution in [0.15, 0.2) is 18.2 Å². The fourth-order valence-electron chi connectivity index (χ4n) is 0.871. The highest BCUT2D eigenvalue weighted by molar-refractivity contribution is 5.73. The average Bonchev–Trinajstić information content (AvgIpc) is 2.05. The topological polar surface area (TPSA) is 36.7 Å². The first-order valence-corrected chi connectivity index (χ1v) is 3.71. The van der Waals surface area contributed by atoms with Gasteiger partial charge in [0.2, 0.25) is 0 Å². The predicted molar refractivity (Wildman–Crippen MR) is 46.2 cm³/mol. The Labute approximate surface area is 66.8 Å². The van der Waals surface area contributed by atoms with Gasteiger partial charge in [-0.1, -0.05) is 19.9 Å². The van der Waals surface area contributed by atoms with Gasteiger partial charge in [-0.25, -0.2) is 0 Å². The van der Waals surface area contributed by atoms with Crippen LogP contribution in [-0.2, 0) is 0 Å². The largest absolute Gasteiger partial charge is 0.307 e. The Hall–Kier alpha value is -1.18. The van der Waals surface area contributed by atoms with Gasteiger partial charge < -0.3 is 5.41 Å². The minimum Gasteiger partial charge on any atom is -0.307 e. The lowest BCUT2D eigenvalue weighted by Crippen LogP contribution is -1.95. The Morgan fingerprint density at radius 1 is 1.45 bits per heavy atom. The summed E-state index contributed by atoms with van der Waals surface area (Å²) in [6.45, 7) is 4.19. The van der Waals surface area contributed by atoms with E-state index in [-0.39, 0.29) is 0 Å². The smallest absolute Gasteiger partial charge is 0.0808 e. The van der Waals surface area contributed by atoms with Gasteiger partial charge in [0, 0.05) is 11.9 Å². The highest BCUT2D eigenvalue weighted by Crippen LogP contribution is 2.10. The molecule has 1 heterocycles. The molecule has 2 heteroatoms. The quantitative estimate of drug-likeness (QED) is 0.641. The van der Waals surface area contributed by atoms with E-state index in [0.717, 1.165) is 11.4 Å². The molecule has 0 radical (unpaired) electrons. The first kappa shape index (κ1) is 7.92. The fourth-order valence-corrected chi connectivity index (χ4v) is 0.871. The minimum absolute atomic E-state index is 0.440. The second-order valence-corrected chi connectivity index (χ2v) is 2.79. The predicted octanol–water partition coefficient (Wildman–Crippen LogP) is 2.20. The van der Waals surface area contributed by atoms with Crippen LogP contribution in [0.5, 0.6) is 0 Å². The molecule has 0 spiro atoms. The van der Waals surface area contributed by atoms with E-state index in [1.54, 1.807) is 0 Å². The van der Waals surface area contributed by atoms with Crippen molar-refractivity contribution in [3.63, 3.8) is 0 Å². The van der Waals surface area contributed by atoms with Crippen LogP contribution in [0, 0.1) is 5.41 Å². The molecule has 1 rings (SSSR count). The van der Waals surface area contributed by atoms with E-state index in [4.69, 9.17) is 5.41 Å². The van der Waals surface area contributed by atoms with E-state index in [0.29, 0.717) is 5.92 Å². The third-order valence-electron chi connectivity index (χ3n) is 1.53. The normalized spacial score (nSPS) is 10.1. The summed E-state index contributed by atoms with van der Waals surface area (Å²) in [4.78, 5) is 4.25. The van der Waals surface area contributed by atoms with Crippen LogP contribution in [0.3, 0.4) is 0 Å². The maximum absolute atomic E-state index is 6.99. The third-order valence-corrected chi connectivity index (χ3v) is 1.53. The summed E-state index contributed by atoms with van der Waals surface area (Å²) in [6.07, 6.45) is 1.27. The average molecular weight is 148 g/mol. The highest BCUT2D eigenvalue weighted by atomic mass is 14.7. The van der Waals surface area contributed by atoms with Crippen LogP contribution in [-0.4, -0.2) is 11.2 Å². The number of hydrogen-bond acceptors (Lipinski definition) is 2. The Morgan fingerprint density at radius 2 is 2.18 bits per heavy atom. The Balaban J connectivity index is 3.00. The Kier molecular flexibility index (Phi) is 2.36. The number of nitrogens with zero attached hydrogens (tertiary/aromatic N) is 1. The van der Waals surface area contributed by atoms with Crippen molar-refractivity contribution in [1.82, 2.24) is 4.98 Å². The first-order valence-electron chi connectivity index (χ1n) is 3.71. The van der Waals surface area contributed by atoms with Crippen LogP contribution in [0.2, 0.25) is 0 Å². The summed E-state index contributed by atoms with van der Waals surface area (Å²) in [6, 6.07) is 5.75. The fraction of sp³-hybridized carbons (Fsp3) is 0.333. The molecule has 0 fully saturated rings. The van der Waals surface area contributed by atoms with Gasteiger partial charge >= 0.3 is 0 Å². The van der Waals surface area contributed by atoms with Gasteiger partial charge in [-0.2, -0.15) is 0 Å². The number of nitrogens with one attached hydrogen (secondary N) is 1. The summed E-state index contributed by atoms with van der Waals surface area (Å²) in [7, 11) is 0. The molecule has 0 aliphatic heterocycles. The summed E-state index contributed by atoms with van der Waals surface area (Å²) in [5.41, 5.74) is 1.78. The van der Waals surface area contributed by atoms with Crippen LogP contribution < -0.4 is 0 Å². The number of pyridine rings is 1. The molecule has 0 unspecified atom stereocenters. The van der Waals surface area contributed by atoms with Crippen molar-refractivity contribution in [2.45, 2.75) is 19.8 Å². The molecule has 0 atom stereocenters. The summed E-state index contributed by atoms with van der Waals surface area (Å²) in [5, 5.41) is 6.99. The van der Waals surface area contributed by atoms with Gasteiger partial charge in [0.1, 0.15) is 0 Å². The van der Waals surface area contributed by atoms with Crippen LogP contribution >= 0.6 is 0 Å². The monoisotopic (exact) mass is 148 g/mol. The van der Waals surface area contributed by atoms with Crippen LogP contribution in [0.25, 0.3) is 0 Å². The Morgan fingerprint density at radius 3 is 2.73 bits per heavy atom. The molecule has 0 saturated carbocycles. The van der Waals surface area contributed by atoms with E-state index >= 15 is 0 Å². The van der Waals surface area contributed by atoms with Gasteiger partial charge in [0.05, 0.1) is 5.69 Å². The van der Waals surface area contributed by atoms with Crippen molar-refractivity contribution in [3.05, 3.63) is 29.6 Å². The van der Waals surface area contributed by atoms with Crippen molar-refractivity contribution in [2.24, 2.45) is 0 Å². The molecule has 0 aliphatic rings. The van der Waals surface area contributed by atoms with Crippen molar-refractivity contribution in [3.8, 4) is 0 Å². The van der Waals surface area contributed by atoms with Gasteiger partial charge in [-0.3, -0.25) is 4.98 Å². The zero-order chi connectivity index (χ0) is 8.27. The molecule has 58 valence electrons. The highest BCUT2D eigenvalue weighted by Gasteiger charge is 1.99. The van der Waals surface area contributed by atoms with Crippen molar-refractivity contribution in [1.29, 1.82) is 5.41 Å². The zero-order valence-electron chi connectivity index (χ0n) is 6.83. The summed E-state index contributed by atoms with van der Waals surface area (Å²) in [5.74, 6) is 0.440. The van der Waals surface area contributed by atoms with Gasteiger partial charge in [0.15, 0.2) is 0 Å². The van der Waals surface area contributed by atoms with Gasteiger partial charge in [0.25, 0.3) is 0 Å². The molecular formula is C9H12N2. The molecule has 1 aromatic heterocycles. The molecule has 0 aromatic carbocycles. The van der Waals surface area contributed by atoms with E-state index in [9.17, 15) is 0 Å². The zero-order valence-corrected chi connectivity index (χ0v) is 6.83. The minimum atomic E-state index is 0.440. The molecule has 11 heavy (non-hydrogen) atoms. The number of hydrogen-bond donors (Lipinski definition) is 1. The summed E-state index contributed by atoms with van der Waals surface area (Å²) < 4.78 is 0. The third kappa shape index (κ3) is 1.87. The lowest BCUT2D eigenvalue weighted by atomic mass is 10.1. The maximum Gasteiger partial charge on any atom is 0.0808 e. The van der Waals surface area contributed by atoms with Crippen molar-refractivity contribution >= 4 is 6.21 Å². The van der Waals surface area contributed by atoms with Crippen LogP contribution in [0.4, 0.5) is 0 Å². The molecular weight excluding hydrogens is 136 g/mol. The molecule has 0 bridgehead atoms. The second kappa shape index (κ2) is 3.28.